The van der Waals surface area contributed by atoms with Crippen LogP contribution >= 0.6 is 11.8 Å². The molecule has 0 aromatic heterocycles. The summed E-state index contributed by atoms with van der Waals surface area (Å²) in [6.45, 7) is 2.11. The molecular weight excluding hydrogens is 322 g/mol. The molecule has 0 saturated carbocycles. The normalized spacial score (nSPS) is 21.3. The van der Waals surface area contributed by atoms with E-state index >= 15 is 0 Å². The first-order valence-corrected chi connectivity index (χ1v) is 9.00. The van der Waals surface area contributed by atoms with Crippen molar-refractivity contribution in [2.75, 3.05) is 18.6 Å². The minimum Gasteiger partial charge on any atom is -0.480 e. The van der Waals surface area contributed by atoms with E-state index in [1.54, 1.807) is 0 Å². The fraction of sp³-hybridized carbons (Fsp3) is 0.786. The maximum absolute atomic E-state index is 12.2. The molecule has 0 aliphatic carbocycles. The minimum absolute atomic E-state index is 0.271. The predicted molar refractivity (Wildman–Crippen MR) is 87.2 cm³/mol. The third kappa shape index (κ3) is 6.36. The fourth-order valence-corrected chi connectivity index (χ4v) is 2.79. The number of rotatable bonds is 9. The van der Waals surface area contributed by atoms with Gasteiger partial charge in [-0.05, 0) is 44.7 Å². The summed E-state index contributed by atoms with van der Waals surface area (Å²) in [6, 6.07) is -2.60. The molecule has 9 heteroatoms. The monoisotopic (exact) mass is 347 g/mol. The summed E-state index contributed by atoms with van der Waals surface area (Å²) < 4.78 is 0. The molecule has 0 bridgehead atoms. The van der Waals surface area contributed by atoms with Crippen LogP contribution in [0.25, 0.3) is 0 Å². The predicted octanol–water partition coefficient (Wildman–Crippen LogP) is -1.07. The molecule has 2 amide bonds. The number of carbonyl (C=O) groups is 3. The molecule has 1 fully saturated rings. The van der Waals surface area contributed by atoms with Gasteiger partial charge in [-0.1, -0.05) is 0 Å². The number of carboxylic acids is 1. The van der Waals surface area contributed by atoms with E-state index in [4.69, 9.17) is 5.11 Å². The second-order valence-electron chi connectivity index (χ2n) is 5.56. The number of carbonyl (C=O) groups excluding carboxylic acids is 2. The molecule has 0 aromatic carbocycles. The fourth-order valence-electron chi connectivity index (χ4n) is 2.32. The van der Waals surface area contributed by atoms with Crippen LogP contribution < -0.4 is 16.0 Å². The van der Waals surface area contributed by atoms with Gasteiger partial charge in [-0.2, -0.15) is 11.8 Å². The summed E-state index contributed by atoms with van der Waals surface area (Å²) in [4.78, 5) is 35.5. The van der Waals surface area contributed by atoms with E-state index < -0.39 is 30.1 Å². The lowest BCUT2D eigenvalue weighted by molar-refractivity contribution is -0.143. The highest BCUT2D eigenvalue weighted by Crippen LogP contribution is 2.07. The number of hydrogen-bond donors (Lipinski definition) is 5. The summed E-state index contributed by atoms with van der Waals surface area (Å²) in [5.74, 6) is -1.62. The lowest BCUT2D eigenvalue weighted by atomic mass is 10.1. The quantitative estimate of drug-likeness (QED) is 0.359. The molecule has 1 aliphatic rings. The number of aliphatic carboxylic acids is 1. The number of hydrogen-bond acceptors (Lipinski definition) is 6. The van der Waals surface area contributed by atoms with Crippen molar-refractivity contribution in [3.63, 3.8) is 0 Å². The van der Waals surface area contributed by atoms with Crippen molar-refractivity contribution >= 4 is 29.5 Å². The molecule has 8 nitrogen and oxygen atoms in total. The van der Waals surface area contributed by atoms with Gasteiger partial charge < -0.3 is 26.2 Å². The first-order chi connectivity index (χ1) is 10.9. The Hall–Kier alpha value is -1.32. The zero-order valence-electron chi connectivity index (χ0n) is 13.4. The van der Waals surface area contributed by atoms with Crippen molar-refractivity contribution in [3.8, 4) is 0 Å². The van der Waals surface area contributed by atoms with Crippen molar-refractivity contribution in [1.82, 2.24) is 16.0 Å². The average Bonchev–Trinajstić information content (AvgIpc) is 3.02. The van der Waals surface area contributed by atoms with Crippen LogP contribution in [-0.4, -0.2) is 70.8 Å². The Morgan fingerprint density at radius 3 is 2.52 bits per heavy atom. The SMILES string of the molecule is CSCC[C@H](NC(=O)[C@@H](NC(=O)[C@@H]1CCCN1)[C@@H](C)O)C(=O)O. The van der Waals surface area contributed by atoms with Crippen LogP contribution in [-0.2, 0) is 14.4 Å². The van der Waals surface area contributed by atoms with Gasteiger partial charge in [0.15, 0.2) is 0 Å². The number of aliphatic hydroxyl groups is 1. The highest BCUT2D eigenvalue weighted by atomic mass is 32.2. The Morgan fingerprint density at radius 2 is 2.04 bits per heavy atom. The van der Waals surface area contributed by atoms with Gasteiger partial charge in [0.2, 0.25) is 11.8 Å². The third-order valence-corrected chi connectivity index (χ3v) is 4.31. The summed E-state index contributed by atoms with van der Waals surface area (Å²) in [6.07, 6.45) is 2.53. The summed E-state index contributed by atoms with van der Waals surface area (Å²) in [5, 5.41) is 26.8. The van der Waals surface area contributed by atoms with Gasteiger partial charge in [-0.25, -0.2) is 4.79 Å². The van der Waals surface area contributed by atoms with E-state index in [9.17, 15) is 19.5 Å². The van der Waals surface area contributed by atoms with Gasteiger partial charge in [0.1, 0.15) is 12.1 Å². The van der Waals surface area contributed by atoms with Gasteiger partial charge in [0.25, 0.3) is 0 Å². The molecule has 23 heavy (non-hydrogen) atoms. The van der Waals surface area contributed by atoms with Crippen LogP contribution in [0.1, 0.15) is 26.2 Å². The first-order valence-electron chi connectivity index (χ1n) is 7.60. The Labute approximate surface area is 139 Å². The lowest BCUT2D eigenvalue weighted by Crippen LogP contribution is -2.58. The number of aliphatic hydroxyl groups excluding tert-OH is 1. The summed E-state index contributed by atoms with van der Waals surface area (Å²) >= 11 is 1.47. The number of nitrogens with one attached hydrogen (secondary N) is 3. The summed E-state index contributed by atoms with van der Waals surface area (Å²) in [5.41, 5.74) is 0. The number of carboxylic acid groups (broad SMARTS) is 1. The molecule has 4 atom stereocenters. The van der Waals surface area contributed by atoms with Crippen molar-refractivity contribution in [3.05, 3.63) is 0 Å². The molecule has 1 heterocycles. The van der Waals surface area contributed by atoms with E-state index in [2.05, 4.69) is 16.0 Å². The number of amides is 2. The third-order valence-electron chi connectivity index (χ3n) is 3.66. The Kier molecular flexibility index (Phi) is 8.35. The van der Waals surface area contributed by atoms with Gasteiger partial charge in [-0.15, -0.1) is 0 Å². The van der Waals surface area contributed by atoms with E-state index in [1.165, 1.54) is 18.7 Å². The summed E-state index contributed by atoms with van der Waals surface area (Å²) in [7, 11) is 0. The molecule has 1 saturated heterocycles. The van der Waals surface area contributed by atoms with E-state index in [0.29, 0.717) is 12.2 Å². The van der Waals surface area contributed by atoms with Crippen molar-refractivity contribution < 1.29 is 24.6 Å². The van der Waals surface area contributed by atoms with Gasteiger partial charge in [0, 0.05) is 0 Å². The zero-order chi connectivity index (χ0) is 17.4. The van der Waals surface area contributed by atoms with Gasteiger partial charge in [0.05, 0.1) is 12.1 Å². The molecule has 1 rings (SSSR count). The molecule has 132 valence electrons. The van der Waals surface area contributed by atoms with Crippen LogP contribution in [0.2, 0.25) is 0 Å². The van der Waals surface area contributed by atoms with Gasteiger partial charge >= 0.3 is 5.97 Å². The van der Waals surface area contributed by atoms with Crippen LogP contribution in [0, 0.1) is 0 Å². The molecule has 0 unspecified atom stereocenters. The molecule has 0 spiro atoms. The Morgan fingerprint density at radius 1 is 1.35 bits per heavy atom. The molecule has 1 aliphatic heterocycles. The molecule has 5 N–H and O–H groups in total. The van der Waals surface area contributed by atoms with Crippen molar-refractivity contribution in [1.29, 1.82) is 0 Å². The standard InChI is InChI=1S/C14H25N3O5S/c1-8(18)11(17-12(19)9-4-3-6-15-9)13(20)16-10(14(21)22)5-7-23-2/h8-11,15,18H,3-7H2,1-2H3,(H,16,20)(H,17,19)(H,21,22)/t8-,9+,10+,11+/m1/s1. The van der Waals surface area contributed by atoms with Crippen molar-refractivity contribution in [2.24, 2.45) is 0 Å². The second-order valence-corrected chi connectivity index (χ2v) is 6.54. The van der Waals surface area contributed by atoms with Crippen LogP contribution in [0.15, 0.2) is 0 Å². The molecular formula is C14H25N3O5S. The van der Waals surface area contributed by atoms with Crippen LogP contribution in [0.5, 0.6) is 0 Å². The van der Waals surface area contributed by atoms with E-state index in [0.717, 1.165) is 13.0 Å². The Balaban J connectivity index is 2.65. The Bertz CT molecular complexity index is 427. The topological polar surface area (TPSA) is 128 Å². The minimum atomic E-state index is -1.18. The molecule has 0 aromatic rings. The maximum atomic E-state index is 12.2. The molecule has 0 radical (unpaired) electrons. The van der Waals surface area contributed by atoms with Gasteiger partial charge in [-0.3, -0.25) is 9.59 Å². The van der Waals surface area contributed by atoms with Crippen LogP contribution in [0.4, 0.5) is 0 Å². The largest absolute Gasteiger partial charge is 0.480 e. The zero-order valence-corrected chi connectivity index (χ0v) is 14.2. The van der Waals surface area contributed by atoms with Crippen LogP contribution in [0.3, 0.4) is 0 Å². The van der Waals surface area contributed by atoms with Crippen molar-refractivity contribution in [2.45, 2.75) is 50.4 Å². The highest BCUT2D eigenvalue weighted by Gasteiger charge is 2.32. The average molecular weight is 347 g/mol. The van der Waals surface area contributed by atoms with E-state index in [1.807, 2.05) is 6.26 Å². The highest BCUT2D eigenvalue weighted by molar-refractivity contribution is 7.98. The van der Waals surface area contributed by atoms with E-state index in [-0.39, 0.29) is 18.4 Å². The second kappa shape index (κ2) is 9.74. The maximum Gasteiger partial charge on any atom is 0.326 e. The smallest absolute Gasteiger partial charge is 0.326 e. The first kappa shape index (κ1) is 19.7. The lowest BCUT2D eigenvalue weighted by Gasteiger charge is -2.24. The number of thioether (sulfide) groups is 1.